The fraction of sp³-hybridized carbons (Fsp3) is 0.583. The molecule has 9 N–H and O–H groups in total. The van der Waals surface area contributed by atoms with E-state index in [1.165, 1.54) is 12.4 Å². The second-order valence-electron chi connectivity index (χ2n) is 6.70. The second kappa shape index (κ2) is 11.8. The first-order valence-corrected chi connectivity index (χ1v) is 13.9. The van der Waals surface area contributed by atoms with Crippen molar-refractivity contribution in [2.24, 2.45) is 0 Å². The molecule has 210 valence electrons. The van der Waals surface area contributed by atoms with E-state index in [4.69, 9.17) is 24.8 Å². The number of rotatable bonds is 12. The molecule has 1 fully saturated rings. The van der Waals surface area contributed by atoms with Gasteiger partial charge in [0.05, 0.1) is 13.2 Å². The molecule has 1 saturated heterocycles. The van der Waals surface area contributed by atoms with Crippen LogP contribution < -0.4 is 11.0 Å². The van der Waals surface area contributed by atoms with E-state index < -0.39 is 83.2 Å². The lowest BCUT2D eigenvalue weighted by atomic mass is 10.1. The van der Waals surface area contributed by atoms with Gasteiger partial charge in [-0.2, -0.15) is 13.3 Å². The summed E-state index contributed by atoms with van der Waals surface area (Å²) in [5.41, 5.74) is -2.52. The summed E-state index contributed by atoms with van der Waals surface area (Å²) in [5, 5.41) is 44.2. The van der Waals surface area contributed by atoms with Gasteiger partial charge >= 0.3 is 29.4 Å². The average molecular weight is 599 g/mol. The van der Waals surface area contributed by atoms with Crippen LogP contribution in [-0.2, 0) is 41.1 Å². The zero-order valence-electron chi connectivity index (χ0n) is 18.1. The molecule has 1 aliphatic heterocycles. The maximum Gasteiger partial charge on any atom is 0.490 e. The highest BCUT2D eigenvalue weighted by Crippen LogP contribution is 2.66. The smallest absolute Gasteiger partial charge is 0.461 e. The number of aliphatic hydroxyl groups is 2. The number of hydrogen-bond acceptors (Lipinski definition) is 17. The number of aliphatic hydroxyl groups excluding tert-OH is 2. The Kier molecular flexibility index (Phi) is 9.96. The molecule has 0 radical (unpaired) electrons. The number of carbonyl (C=O) groups is 1. The second-order valence-corrected chi connectivity index (χ2v) is 11.1. The molecule has 0 spiro atoms. The average Bonchev–Trinajstić information content (AvgIpc) is 3.03. The Hall–Kier alpha value is -2.00. The molecule has 0 saturated carbocycles. The van der Waals surface area contributed by atoms with Gasteiger partial charge in [0.25, 0.3) is 5.56 Å². The number of anilines is 1. The third-order valence-corrected chi connectivity index (χ3v) is 7.93. The number of hydrogen-bond donors (Lipinski definition) is 9. The van der Waals surface area contributed by atoms with Gasteiger partial charge < -0.3 is 39.3 Å². The van der Waals surface area contributed by atoms with Crippen LogP contribution in [0.1, 0.15) is 18.8 Å². The molecule has 0 aromatic carbocycles. The lowest BCUT2D eigenvalue weighted by molar-refractivity contribution is -0.135. The molecule has 2 heterocycles. The van der Waals surface area contributed by atoms with E-state index in [9.17, 15) is 43.6 Å². The van der Waals surface area contributed by atoms with Crippen molar-refractivity contribution >= 4 is 40.8 Å². The molecule has 0 aliphatic carbocycles. The molecular formula is C12H20N5O17P3. The van der Waals surface area contributed by atoms with Crippen molar-refractivity contribution in [1.29, 1.82) is 5.41 Å². The number of phosphoric ester groups is 1. The highest BCUT2D eigenvalue weighted by atomic mass is 31.3. The molecule has 1 aromatic rings. The maximum absolute atomic E-state index is 12.7. The van der Waals surface area contributed by atoms with Gasteiger partial charge in [0.2, 0.25) is 0 Å². The molecule has 37 heavy (non-hydrogen) atoms. The first kappa shape index (κ1) is 31.2. The van der Waals surface area contributed by atoms with Crippen LogP contribution in [0.5, 0.6) is 0 Å². The largest absolute Gasteiger partial charge is 0.490 e. The highest BCUT2D eigenvalue weighted by molar-refractivity contribution is 7.66. The van der Waals surface area contributed by atoms with Crippen molar-refractivity contribution in [2.75, 3.05) is 18.7 Å². The van der Waals surface area contributed by atoms with Gasteiger partial charge in [-0.05, 0) is 6.92 Å². The quantitative estimate of drug-likeness (QED) is 0.0512. The predicted octanol–water partition coefficient (Wildman–Crippen LogP) is -2.67. The Morgan fingerprint density at radius 1 is 1.14 bits per heavy atom. The van der Waals surface area contributed by atoms with E-state index in [1.807, 2.05) is 0 Å². The standard InChI is InChI=1S/C12H20N5O17P3/c1-2-30-12(21)5(13)6-7(15-22)10(20)17(16-14-6)11-9(19)8(18)4(32-11)3-31-36(26,27)34-37(28,29)33-35(23,24)25/h4,8-9,11,13,15,18-19,22H,2-3H2,1H3,(H,26,27)(H,28,29)(H2,23,24,25). The lowest BCUT2D eigenvalue weighted by Crippen LogP contribution is -2.39. The Morgan fingerprint density at radius 2 is 1.76 bits per heavy atom. The van der Waals surface area contributed by atoms with Gasteiger partial charge in [-0.25, -0.2) is 18.5 Å². The van der Waals surface area contributed by atoms with Crippen molar-refractivity contribution in [3.63, 3.8) is 0 Å². The molecule has 0 amide bonds. The highest BCUT2D eigenvalue weighted by Gasteiger charge is 2.47. The number of phosphoric acid groups is 3. The van der Waals surface area contributed by atoms with Crippen molar-refractivity contribution in [3.05, 3.63) is 16.0 Å². The summed E-state index contributed by atoms with van der Waals surface area (Å²) >= 11 is 0. The number of nitrogens with one attached hydrogen (secondary N) is 2. The molecule has 6 atom stereocenters. The van der Waals surface area contributed by atoms with E-state index in [0.29, 0.717) is 0 Å². The molecule has 22 nitrogen and oxygen atoms in total. The van der Waals surface area contributed by atoms with Crippen molar-refractivity contribution in [2.45, 2.75) is 31.5 Å². The van der Waals surface area contributed by atoms with Gasteiger partial charge in [0, 0.05) is 0 Å². The fourth-order valence-electron chi connectivity index (χ4n) is 2.68. The number of carbonyl (C=O) groups excluding carboxylic acids is 1. The molecule has 0 bridgehead atoms. The van der Waals surface area contributed by atoms with Gasteiger partial charge in [-0.3, -0.25) is 25.4 Å². The maximum atomic E-state index is 12.7. The third-order valence-electron chi connectivity index (χ3n) is 4.12. The third kappa shape index (κ3) is 7.99. The van der Waals surface area contributed by atoms with Crippen LogP contribution in [-0.4, -0.2) is 93.2 Å². The van der Waals surface area contributed by atoms with E-state index >= 15 is 0 Å². The zero-order valence-corrected chi connectivity index (χ0v) is 20.8. The Bertz CT molecular complexity index is 1230. The van der Waals surface area contributed by atoms with E-state index in [2.05, 4.69) is 28.2 Å². The lowest BCUT2D eigenvalue weighted by Gasteiger charge is -2.19. The minimum atomic E-state index is -5.82. The summed E-state index contributed by atoms with van der Waals surface area (Å²) in [6.45, 7) is 0.122. The first-order valence-electron chi connectivity index (χ1n) is 9.38. The molecular weight excluding hydrogens is 579 g/mol. The summed E-state index contributed by atoms with van der Waals surface area (Å²) < 4.78 is 55.2. The van der Waals surface area contributed by atoms with Crippen molar-refractivity contribution in [1.82, 2.24) is 15.0 Å². The first-order chi connectivity index (χ1) is 16.9. The summed E-state index contributed by atoms with van der Waals surface area (Å²) in [6, 6.07) is 0. The molecule has 1 aliphatic rings. The van der Waals surface area contributed by atoms with Crippen molar-refractivity contribution in [3.8, 4) is 0 Å². The number of esters is 1. The van der Waals surface area contributed by atoms with E-state index in [0.717, 1.165) is 0 Å². The van der Waals surface area contributed by atoms with Crippen LogP contribution in [0.25, 0.3) is 0 Å². The zero-order chi connectivity index (χ0) is 28.3. The van der Waals surface area contributed by atoms with Crippen molar-refractivity contribution < 1.29 is 76.1 Å². The van der Waals surface area contributed by atoms with Crippen LogP contribution >= 0.6 is 23.5 Å². The Balaban J connectivity index is 2.21. The minimum absolute atomic E-state index is 0.130. The number of aromatic nitrogens is 3. The van der Waals surface area contributed by atoms with Crippen LogP contribution in [0, 0.1) is 5.41 Å². The summed E-state index contributed by atoms with van der Waals surface area (Å²) in [7, 11) is -17.1. The van der Waals surface area contributed by atoms with Crippen LogP contribution in [0.15, 0.2) is 4.79 Å². The fourth-order valence-corrected chi connectivity index (χ4v) is 5.71. The Morgan fingerprint density at radius 3 is 2.30 bits per heavy atom. The molecule has 25 heteroatoms. The summed E-state index contributed by atoms with van der Waals surface area (Å²) in [6.07, 6.45) is -7.65. The number of nitrogens with zero attached hydrogens (tertiary/aromatic N) is 3. The van der Waals surface area contributed by atoms with Crippen LogP contribution in [0.4, 0.5) is 5.69 Å². The topological polar surface area (TPSA) is 340 Å². The normalized spacial score (nSPS) is 25.2. The van der Waals surface area contributed by atoms with Gasteiger partial charge in [-0.15, -0.1) is 5.10 Å². The van der Waals surface area contributed by atoms with Gasteiger partial charge in [0.15, 0.2) is 23.3 Å². The monoisotopic (exact) mass is 599 g/mol. The number of ether oxygens (including phenoxy) is 2. The molecule has 2 rings (SSSR count). The SMILES string of the molecule is CCOC(=O)C(=N)c1nnn(C2OC(COP(=O)(O)OP(=O)(O)OP(=O)(O)O)C(O)C2O)c(=O)c1NO. The Labute approximate surface area is 204 Å². The van der Waals surface area contributed by atoms with Crippen LogP contribution in [0.3, 0.4) is 0 Å². The van der Waals surface area contributed by atoms with E-state index in [-0.39, 0.29) is 11.3 Å². The van der Waals surface area contributed by atoms with Gasteiger partial charge in [-0.1, -0.05) is 5.21 Å². The minimum Gasteiger partial charge on any atom is -0.461 e. The van der Waals surface area contributed by atoms with Crippen LogP contribution in [0.2, 0.25) is 0 Å². The molecule has 6 unspecified atom stereocenters. The predicted molar refractivity (Wildman–Crippen MR) is 111 cm³/mol. The van der Waals surface area contributed by atoms with Gasteiger partial charge in [0.1, 0.15) is 18.3 Å². The molecule has 1 aromatic heterocycles. The summed E-state index contributed by atoms with van der Waals surface area (Å²) in [5.74, 6) is -1.22. The summed E-state index contributed by atoms with van der Waals surface area (Å²) in [4.78, 5) is 60.0. The van der Waals surface area contributed by atoms with E-state index in [1.54, 1.807) is 0 Å².